The van der Waals surface area contributed by atoms with Crippen LogP contribution in [0, 0.1) is 40.4 Å². The summed E-state index contributed by atoms with van der Waals surface area (Å²) in [5.74, 6) is 2.18. The molecule has 0 spiro atoms. The first-order chi connectivity index (χ1) is 16.6. The molecule has 1 N–H and O–H groups in total. The van der Waals surface area contributed by atoms with E-state index < -0.39 is 0 Å². The molecule has 0 aromatic heterocycles. The largest absolute Gasteiger partial charge is 0.469 e. The van der Waals surface area contributed by atoms with E-state index in [1.807, 2.05) is 0 Å². The van der Waals surface area contributed by atoms with Crippen molar-refractivity contribution in [3.05, 3.63) is 11.6 Å². The molecule has 6 heteroatoms. The first-order valence-electron chi connectivity index (χ1n) is 13.8. The van der Waals surface area contributed by atoms with Gasteiger partial charge < -0.3 is 14.8 Å². The number of hydrogen-bond acceptors (Lipinski definition) is 5. The lowest BCUT2D eigenvalue weighted by Crippen LogP contribution is -2.51. The Kier molecular flexibility index (Phi) is 7.68. The molecule has 4 aliphatic rings. The summed E-state index contributed by atoms with van der Waals surface area (Å²) < 4.78 is 10.3. The molecule has 0 bridgehead atoms. The number of ether oxygens (including phenoxy) is 2. The van der Waals surface area contributed by atoms with Crippen LogP contribution >= 0.6 is 0 Å². The average molecular weight is 488 g/mol. The lowest BCUT2D eigenvalue weighted by Gasteiger charge is -2.58. The molecule has 4 aliphatic carbocycles. The summed E-state index contributed by atoms with van der Waals surface area (Å²) in [6, 6.07) is 0. The van der Waals surface area contributed by atoms with Gasteiger partial charge in [-0.2, -0.15) is 0 Å². The normalized spacial score (nSPS) is 38.8. The number of allylic oxidation sites excluding steroid dienone is 1. The minimum atomic E-state index is -0.228. The van der Waals surface area contributed by atoms with Crippen LogP contribution in [0.5, 0.6) is 0 Å². The van der Waals surface area contributed by atoms with Crippen LogP contribution in [0.4, 0.5) is 0 Å². The highest BCUT2D eigenvalue weighted by atomic mass is 16.5. The topological polar surface area (TPSA) is 81.7 Å². The van der Waals surface area contributed by atoms with Crippen molar-refractivity contribution in [2.24, 2.45) is 40.4 Å². The maximum Gasteiger partial charge on any atom is 0.305 e. The minimum absolute atomic E-state index is 0.0101. The van der Waals surface area contributed by atoms with Gasteiger partial charge in [-0.25, -0.2) is 0 Å². The Morgan fingerprint density at radius 3 is 2.60 bits per heavy atom. The summed E-state index contributed by atoms with van der Waals surface area (Å²) in [6.07, 6.45) is 12.4. The fourth-order valence-electron chi connectivity index (χ4n) is 8.71. The summed E-state index contributed by atoms with van der Waals surface area (Å²) in [5.41, 5.74) is 1.96. The molecule has 4 rings (SSSR count). The van der Waals surface area contributed by atoms with Crippen molar-refractivity contribution in [3.63, 3.8) is 0 Å². The lowest BCUT2D eigenvalue weighted by molar-refractivity contribution is -0.148. The Labute approximate surface area is 211 Å². The zero-order valence-corrected chi connectivity index (χ0v) is 22.4. The Bertz CT molecular complexity index is 867. The molecule has 1 amide bonds. The highest BCUT2D eigenvalue weighted by Crippen LogP contribution is 2.67. The van der Waals surface area contributed by atoms with Gasteiger partial charge in [0.25, 0.3) is 0 Å². The number of nitrogens with one attached hydrogen (secondary N) is 1. The monoisotopic (exact) mass is 487 g/mol. The molecule has 196 valence electrons. The van der Waals surface area contributed by atoms with Crippen molar-refractivity contribution in [1.29, 1.82) is 0 Å². The van der Waals surface area contributed by atoms with Crippen LogP contribution in [0.2, 0.25) is 0 Å². The van der Waals surface area contributed by atoms with Crippen molar-refractivity contribution in [2.75, 3.05) is 13.7 Å². The van der Waals surface area contributed by atoms with Gasteiger partial charge in [0.1, 0.15) is 6.10 Å². The van der Waals surface area contributed by atoms with E-state index in [0.717, 1.165) is 32.1 Å². The maximum atomic E-state index is 13.0. The van der Waals surface area contributed by atoms with Crippen LogP contribution in [0.3, 0.4) is 0 Å². The van der Waals surface area contributed by atoms with E-state index in [0.29, 0.717) is 43.1 Å². The van der Waals surface area contributed by atoms with Gasteiger partial charge in [0.2, 0.25) is 5.91 Å². The number of methoxy groups -OCH3 is 1. The van der Waals surface area contributed by atoms with E-state index in [1.54, 1.807) is 0 Å². The van der Waals surface area contributed by atoms with E-state index in [2.05, 4.69) is 36.9 Å². The Morgan fingerprint density at radius 1 is 1.11 bits per heavy atom. The Morgan fingerprint density at radius 2 is 1.89 bits per heavy atom. The summed E-state index contributed by atoms with van der Waals surface area (Å²) in [6.45, 7) is 9.08. The van der Waals surface area contributed by atoms with Crippen molar-refractivity contribution in [1.82, 2.24) is 5.32 Å². The quantitative estimate of drug-likeness (QED) is 0.303. The molecule has 6 nitrogen and oxygen atoms in total. The van der Waals surface area contributed by atoms with Gasteiger partial charge in [-0.1, -0.05) is 32.4 Å². The predicted octanol–water partition coefficient (Wildman–Crippen LogP) is 5.20. The molecule has 0 aliphatic heterocycles. The van der Waals surface area contributed by atoms with Crippen LogP contribution < -0.4 is 5.32 Å². The number of carbonyl (C=O) groups excluding carboxylic acids is 3. The molecular formula is C29H45NO5. The van der Waals surface area contributed by atoms with Crippen LogP contribution in [-0.2, 0) is 23.9 Å². The summed E-state index contributed by atoms with van der Waals surface area (Å²) >= 11 is 0. The van der Waals surface area contributed by atoms with Gasteiger partial charge in [0.15, 0.2) is 0 Å². The third kappa shape index (κ3) is 4.91. The van der Waals surface area contributed by atoms with Crippen molar-refractivity contribution >= 4 is 17.8 Å². The third-order valence-electron chi connectivity index (χ3n) is 10.6. The first-order valence-corrected chi connectivity index (χ1v) is 13.8. The second-order valence-corrected chi connectivity index (χ2v) is 12.2. The van der Waals surface area contributed by atoms with Gasteiger partial charge in [-0.3, -0.25) is 14.4 Å². The Balaban J connectivity index is 1.41. The molecule has 3 saturated carbocycles. The molecule has 0 heterocycles. The molecular weight excluding hydrogens is 442 g/mol. The van der Waals surface area contributed by atoms with Gasteiger partial charge >= 0.3 is 11.9 Å². The van der Waals surface area contributed by atoms with E-state index in [-0.39, 0.29) is 40.7 Å². The summed E-state index contributed by atoms with van der Waals surface area (Å²) in [5, 5.41) is 3.08. The van der Waals surface area contributed by atoms with Crippen LogP contribution in [0.1, 0.15) is 91.9 Å². The summed E-state index contributed by atoms with van der Waals surface area (Å²) in [4.78, 5) is 35.8. The number of carbonyl (C=O) groups is 3. The lowest BCUT2D eigenvalue weighted by atomic mass is 9.47. The molecule has 0 unspecified atom stereocenters. The number of hydrogen-bond donors (Lipinski definition) is 1. The Hall–Kier alpha value is -1.85. The number of rotatable bonds is 7. The highest BCUT2D eigenvalue weighted by Gasteiger charge is 2.59. The molecule has 35 heavy (non-hydrogen) atoms. The van der Waals surface area contributed by atoms with Gasteiger partial charge in [-0.15, -0.1) is 0 Å². The fraction of sp³-hybridized carbons (Fsp3) is 0.828. The maximum absolute atomic E-state index is 13.0. The fourth-order valence-corrected chi connectivity index (χ4v) is 8.71. The number of amides is 1. The average Bonchev–Trinajstić information content (AvgIpc) is 3.18. The molecule has 3 fully saturated rings. The van der Waals surface area contributed by atoms with Crippen LogP contribution in [0.15, 0.2) is 11.6 Å². The minimum Gasteiger partial charge on any atom is -0.469 e. The second kappa shape index (κ2) is 10.3. The molecule has 0 radical (unpaired) electrons. The SMILES string of the molecule is COC(=O)CCCNC(=O)[C@@H](C)[C@H]1CC[C@H]2[C@@H]3CC=C4C[C@@H](OC(C)=O)CC[C@]4(C)[C@H]3CC[C@]12C. The van der Waals surface area contributed by atoms with Crippen molar-refractivity contribution in [2.45, 2.75) is 98.0 Å². The number of fused-ring (bicyclic) bond motifs is 5. The zero-order valence-electron chi connectivity index (χ0n) is 22.4. The van der Waals surface area contributed by atoms with Crippen LogP contribution in [0.25, 0.3) is 0 Å². The van der Waals surface area contributed by atoms with Crippen LogP contribution in [-0.4, -0.2) is 37.6 Å². The van der Waals surface area contributed by atoms with E-state index in [1.165, 1.54) is 38.9 Å². The smallest absolute Gasteiger partial charge is 0.305 e. The van der Waals surface area contributed by atoms with Gasteiger partial charge in [-0.05, 0) is 85.9 Å². The molecule has 8 atom stereocenters. The van der Waals surface area contributed by atoms with E-state index in [4.69, 9.17) is 4.74 Å². The van der Waals surface area contributed by atoms with E-state index >= 15 is 0 Å². The summed E-state index contributed by atoms with van der Waals surface area (Å²) in [7, 11) is 1.40. The van der Waals surface area contributed by atoms with Crippen molar-refractivity contribution < 1.29 is 23.9 Å². The molecule has 0 aromatic rings. The first kappa shape index (κ1) is 26.2. The highest BCUT2D eigenvalue weighted by molar-refractivity contribution is 5.78. The third-order valence-corrected chi connectivity index (χ3v) is 10.6. The molecule has 0 aromatic carbocycles. The zero-order chi connectivity index (χ0) is 25.4. The second-order valence-electron chi connectivity index (χ2n) is 12.2. The standard InChI is InChI=1S/C29H45NO5/c1-18(27(33)30-16-6-7-26(32)34-5)23-10-11-24-22-9-8-20-17-21(35-19(2)31)12-14-28(20,3)25(22)13-15-29(23,24)4/h8,18,21-25H,6-7,9-17H2,1-5H3,(H,30,33)/t18-,21-,22-,23+,24-,25-,28-,29+/m0/s1. The number of esters is 2. The molecule has 0 saturated heterocycles. The van der Waals surface area contributed by atoms with E-state index in [9.17, 15) is 14.4 Å². The van der Waals surface area contributed by atoms with Crippen molar-refractivity contribution in [3.8, 4) is 0 Å². The van der Waals surface area contributed by atoms with Gasteiger partial charge in [0.05, 0.1) is 7.11 Å². The predicted molar refractivity (Wildman–Crippen MR) is 134 cm³/mol. The van der Waals surface area contributed by atoms with Gasteiger partial charge in [0, 0.05) is 32.2 Å².